The van der Waals surface area contributed by atoms with Crippen LogP contribution in [0, 0.1) is 12.7 Å². The Bertz CT molecular complexity index is 1840. The van der Waals surface area contributed by atoms with Crippen LogP contribution < -0.4 is 19.5 Å². The summed E-state index contributed by atoms with van der Waals surface area (Å²) in [5, 5.41) is 6.61. The number of carbonyl (C=O) groups excluding carboxylic acids is 1. The van der Waals surface area contributed by atoms with Crippen molar-refractivity contribution in [3.8, 4) is 34.2 Å². The van der Waals surface area contributed by atoms with E-state index in [0.29, 0.717) is 29.2 Å². The number of alkyl halides is 3. The van der Waals surface area contributed by atoms with E-state index in [0.717, 1.165) is 23.4 Å². The Labute approximate surface area is 262 Å². The maximum atomic E-state index is 15.2. The molecular weight excluding hydrogens is 604 g/mol. The quantitative estimate of drug-likeness (QED) is 0.151. The van der Waals surface area contributed by atoms with Crippen molar-refractivity contribution < 1.29 is 36.6 Å². The first-order valence-corrected chi connectivity index (χ1v) is 14.2. The fourth-order valence-corrected chi connectivity index (χ4v) is 4.62. The van der Waals surface area contributed by atoms with Crippen molar-refractivity contribution >= 4 is 11.6 Å². The number of nitrogens with zero attached hydrogens (tertiary/aromatic N) is 3. The van der Waals surface area contributed by atoms with Gasteiger partial charge in [0.05, 0.1) is 37.1 Å². The molecule has 12 heteroatoms. The largest absolute Gasteiger partial charge is 0.497 e. The van der Waals surface area contributed by atoms with Crippen molar-refractivity contribution in [1.82, 2.24) is 14.8 Å². The zero-order valence-corrected chi connectivity index (χ0v) is 25.2. The molecule has 3 aromatic carbocycles. The van der Waals surface area contributed by atoms with Crippen molar-refractivity contribution in [1.29, 1.82) is 0 Å². The number of anilines is 1. The Morgan fingerprint density at radius 3 is 2.39 bits per heavy atom. The number of carbonyl (C=O) groups is 1. The van der Waals surface area contributed by atoms with Gasteiger partial charge in [-0.25, -0.2) is 14.1 Å². The van der Waals surface area contributed by atoms with Crippen LogP contribution in [0.3, 0.4) is 0 Å². The molecule has 1 N–H and O–H groups in total. The first kappa shape index (κ1) is 32.0. The summed E-state index contributed by atoms with van der Waals surface area (Å²) in [6, 6.07) is 18.2. The second-order valence-electron chi connectivity index (χ2n) is 10.3. The molecule has 0 atom stereocenters. The van der Waals surface area contributed by atoms with Gasteiger partial charge in [-0.1, -0.05) is 24.3 Å². The third-order valence-electron chi connectivity index (χ3n) is 6.91. The number of aryl methyl sites for hydroxylation is 1. The lowest BCUT2D eigenvalue weighted by molar-refractivity contribution is -0.137. The van der Waals surface area contributed by atoms with Crippen LogP contribution in [0.15, 0.2) is 85.2 Å². The molecule has 2 heterocycles. The molecule has 0 saturated heterocycles. The molecule has 46 heavy (non-hydrogen) atoms. The van der Waals surface area contributed by atoms with E-state index in [1.807, 2.05) is 31.2 Å². The molecule has 0 spiro atoms. The summed E-state index contributed by atoms with van der Waals surface area (Å²) >= 11 is 0. The smallest absolute Gasteiger partial charge is 0.416 e. The van der Waals surface area contributed by atoms with Crippen LogP contribution in [0.4, 0.5) is 23.2 Å². The number of halogens is 4. The molecule has 5 rings (SSSR count). The molecule has 0 saturated carbocycles. The maximum absolute atomic E-state index is 15.2. The topological polar surface area (TPSA) is 87.5 Å². The number of benzene rings is 3. The van der Waals surface area contributed by atoms with Crippen LogP contribution in [0.5, 0.6) is 17.4 Å². The zero-order valence-electron chi connectivity index (χ0n) is 25.2. The molecule has 0 fully saturated rings. The third-order valence-corrected chi connectivity index (χ3v) is 6.91. The van der Waals surface area contributed by atoms with E-state index >= 15 is 4.39 Å². The van der Waals surface area contributed by atoms with Gasteiger partial charge in [0, 0.05) is 23.6 Å². The van der Waals surface area contributed by atoms with Gasteiger partial charge >= 0.3 is 6.18 Å². The summed E-state index contributed by atoms with van der Waals surface area (Å²) in [6.45, 7) is 4.11. The number of ether oxygens (including phenoxy) is 3. The third kappa shape index (κ3) is 7.81. The van der Waals surface area contributed by atoms with Crippen LogP contribution in [-0.2, 0) is 24.0 Å². The van der Waals surface area contributed by atoms with E-state index in [-0.39, 0.29) is 29.4 Å². The lowest BCUT2D eigenvalue weighted by Crippen LogP contribution is -2.16. The number of hydrogen-bond donors (Lipinski definition) is 1. The molecule has 8 nitrogen and oxygen atoms in total. The van der Waals surface area contributed by atoms with E-state index in [2.05, 4.69) is 15.4 Å². The number of amides is 1. The van der Waals surface area contributed by atoms with Crippen molar-refractivity contribution in [3.63, 3.8) is 0 Å². The average molecular weight is 635 g/mol. The second kappa shape index (κ2) is 13.7. The molecule has 238 valence electrons. The Kier molecular flexibility index (Phi) is 9.55. The number of methoxy groups -OCH3 is 1. The number of hydrogen-bond acceptors (Lipinski definition) is 6. The normalized spacial score (nSPS) is 11.3. The van der Waals surface area contributed by atoms with E-state index in [1.165, 1.54) is 35.3 Å². The summed E-state index contributed by atoms with van der Waals surface area (Å²) in [5.41, 5.74) is 1.68. The molecule has 0 aliphatic heterocycles. The fourth-order valence-electron chi connectivity index (χ4n) is 4.62. The van der Waals surface area contributed by atoms with Gasteiger partial charge in [0.1, 0.15) is 18.2 Å². The van der Waals surface area contributed by atoms with Crippen molar-refractivity contribution in [2.45, 2.75) is 33.1 Å². The number of pyridine rings is 1. The van der Waals surface area contributed by atoms with Gasteiger partial charge in [-0.2, -0.15) is 18.3 Å². The molecule has 0 aliphatic rings. The monoisotopic (exact) mass is 634 g/mol. The Morgan fingerprint density at radius 2 is 1.74 bits per heavy atom. The summed E-state index contributed by atoms with van der Waals surface area (Å²) in [7, 11) is 1.59. The van der Waals surface area contributed by atoms with Gasteiger partial charge in [0.25, 0.3) is 5.88 Å². The van der Waals surface area contributed by atoms with E-state index in [9.17, 15) is 18.0 Å². The molecular formula is C34H30F4N4O4. The average Bonchev–Trinajstić information content (AvgIpc) is 3.47. The van der Waals surface area contributed by atoms with Crippen LogP contribution in [0.25, 0.3) is 16.8 Å². The molecule has 2 aromatic heterocycles. The van der Waals surface area contributed by atoms with E-state index < -0.39 is 29.9 Å². The number of rotatable bonds is 11. The first-order chi connectivity index (χ1) is 22.0. The minimum atomic E-state index is -4.66. The van der Waals surface area contributed by atoms with Gasteiger partial charge < -0.3 is 19.5 Å². The Morgan fingerprint density at radius 1 is 0.957 bits per heavy atom. The highest BCUT2D eigenvalue weighted by Gasteiger charge is 2.31. The predicted molar refractivity (Wildman–Crippen MR) is 164 cm³/mol. The zero-order chi connectivity index (χ0) is 32.8. The molecule has 1 amide bonds. The van der Waals surface area contributed by atoms with Crippen molar-refractivity contribution in [3.05, 3.63) is 113 Å². The maximum Gasteiger partial charge on any atom is 0.416 e. The summed E-state index contributed by atoms with van der Waals surface area (Å²) < 4.78 is 74.0. The highest BCUT2D eigenvalue weighted by molar-refractivity contribution is 5.92. The minimum absolute atomic E-state index is 0.0635. The molecule has 5 aromatic rings. The Balaban J connectivity index is 1.30. The highest BCUT2D eigenvalue weighted by atomic mass is 19.4. The van der Waals surface area contributed by atoms with Crippen molar-refractivity contribution in [2.24, 2.45) is 0 Å². The second-order valence-corrected chi connectivity index (χ2v) is 10.3. The van der Waals surface area contributed by atoms with Crippen molar-refractivity contribution in [2.75, 3.05) is 19.0 Å². The van der Waals surface area contributed by atoms with Crippen LogP contribution in [0.2, 0.25) is 0 Å². The molecule has 0 unspecified atom stereocenters. The van der Waals surface area contributed by atoms with Crippen LogP contribution >= 0.6 is 0 Å². The molecule has 0 aliphatic carbocycles. The molecule has 0 bridgehead atoms. The lowest BCUT2D eigenvalue weighted by Gasteiger charge is -2.14. The lowest BCUT2D eigenvalue weighted by atomic mass is 10.0. The Hall–Kier alpha value is -5.39. The van der Waals surface area contributed by atoms with Gasteiger partial charge in [-0.05, 0) is 79.1 Å². The minimum Gasteiger partial charge on any atom is -0.497 e. The number of aromatic nitrogens is 3. The van der Waals surface area contributed by atoms with Gasteiger partial charge in [0.15, 0.2) is 5.75 Å². The van der Waals surface area contributed by atoms with E-state index in [4.69, 9.17) is 14.2 Å². The van der Waals surface area contributed by atoms with Gasteiger partial charge in [0.2, 0.25) is 5.91 Å². The molecule has 0 radical (unpaired) electrons. The predicted octanol–water partition coefficient (Wildman–Crippen LogP) is 7.57. The van der Waals surface area contributed by atoms with Gasteiger partial charge in [-0.3, -0.25) is 4.79 Å². The SMILES string of the molecule is CCOc1cc(-c2ccc(CC(=O)Nc3cc(-n4ccc(C)n4)cc(C(F)(F)F)c3)c(F)c2)cnc1OCc1ccc(OC)cc1. The highest BCUT2D eigenvalue weighted by Crippen LogP contribution is 2.34. The van der Waals surface area contributed by atoms with Gasteiger partial charge in [-0.15, -0.1) is 0 Å². The van der Waals surface area contributed by atoms with E-state index in [1.54, 1.807) is 32.2 Å². The van der Waals surface area contributed by atoms with Crippen LogP contribution in [-0.4, -0.2) is 34.4 Å². The van der Waals surface area contributed by atoms with Crippen LogP contribution in [0.1, 0.15) is 29.3 Å². The fraction of sp³-hybridized carbons (Fsp3) is 0.206. The first-order valence-electron chi connectivity index (χ1n) is 14.2. The summed E-state index contributed by atoms with van der Waals surface area (Å²) in [5.74, 6) is 0.0269. The number of nitrogens with one attached hydrogen (secondary N) is 1. The standard InChI is InChI=1S/C34H30F4N4O4/c1-4-45-31-14-25(19-39-33(31)46-20-22-5-9-29(44-3)10-6-22)23-7-8-24(30(35)13-23)15-32(43)40-27-16-26(34(36,37)38)17-28(18-27)42-12-11-21(2)41-42/h5-14,16-19H,4,15,20H2,1-3H3,(H,40,43). The summed E-state index contributed by atoms with van der Waals surface area (Å²) in [6.07, 6.45) is -2.01. The summed E-state index contributed by atoms with van der Waals surface area (Å²) in [4.78, 5) is 17.2.